The third kappa shape index (κ3) is 3.43. The average Bonchev–Trinajstić information content (AvgIpc) is 2.89. The number of carbonyl (C=O) groups is 2. The van der Waals surface area contributed by atoms with Gasteiger partial charge in [-0.05, 0) is 24.1 Å². The number of alkyl halides is 3. The van der Waals surface area contributed by atoms with Crippen LogP contribution < -0.4 is 0 Å². The molecule has 0 bridgehead atoms. The Morgan fingerprint density at radius 2 is 1.96 bits per heavy atom. The van der Waals surface area contributed by atoms with Gasteiger partial charge < -0.3 is 14.8 Å². The van der Waals surface area contributed by atoms with Crippen molar-refractivity contribution in [3.8, 4) is 0 Å². The second-order valence-corrected chi connectivity index (χ2v) is 4.81. The van der Waals surface area contributed by atoms with E-state index < -0.39 is 18.1 Å². The van der Waals surface area contributed by atoms with Gasteiger partial charge in [0.1, 0.15) is 0 Å². The van der Waals surface area contributed by atoms with Crippen LogP contribution in [-0.4, -0.2) is 40.5 Å². The minimum absolute atomic E-state index is 0.0800. The van der Waals surface area contributed by atoms with Crippen molar-refractivity contribution in [1.29, 1.82) is 0 Å². The number of rotatable bonds is 3. The van der Waals surface area contributed by atoms with Gasteiger partial charge in [-0.2, -0.15) is 13.2 Å². The fourth-order valence-corrected chi connectivity index (χ4v) is 2.28. The Kier molecular flexibility index (Phi) is 4.57. The molecule has 0 saturated heterocycles. The number of halogens is 3. The molecule has 0 fully saturated rings. The molecule has 124 valence electrons. The van der Waals surface area contributed by atoms with E-state index >= 15 is 0 Å². The maximum Gasteiger partial charge on any atom is 0.471 e. The molecule has 6 nitrogen and oxygen atoms in total. The molecule has 1 heterocycles. The van der Waals surface area contributed by atoms with Gasteiger partial charge in [0.05, 0.1) is 6.61 Å². The van der Waals surface area contributed by atoms with Crippen LogP contribution in [0.15, 0.2) is 23.4 Å². The maximum atomic E-state index is 12.5. The summed E-state index contributed by atoms with van der Waals surface area (Å²) >= 11 is 0. The number of fused-ring (bicyclic) bond motifs is 1. The number of esters is 1. The Morgan fingerprint density at radius 3 is 2.52 bits per heavy atom. The average molecular weight is 330 g/mol. The number of carbonyl (C=O) groups excluding carboxylic acids is 2. The highest BCUT2D eigenvalue weighted by Gasteiger charge is 2.44. The van der Waals surface area contributed by atoms with Gasteiger partial charge in [-0.15, -0.1) is 0 Å². The number of oxime groups is 1. The van der Waals surface area contributed by atoms with Gasteiger partial charge in [0.2, 0.25) is 0 Å². The van der Waals surface area contributed by atoms with Crippen molar-refractivity contribution in [3.05, 3.63) is 34.9 Å². The highest BCUT2D eigenvalue weighted by molar-refractivity contribution is 6.43. The first-order chi connectivity index (χ1) is 10.8. The summed E-state index contributed by atoms with van der Waals surface area (Å²) in [5, 5.41) is 11.8. The lowest BCUT2D eigenvalue weighted by Gasteiger charge is -2.16. The second kappa shape index (κ2) is 6.27. The van der Waals surface area contributed by atoms with E-state index in [1.807, 2.05) is 0 Å². The summed E-state index contributed by atoms with van der Waals surface area (Å²) in [6.45, 7) is 1.26. The minimum Gasteiger partial charge on any atom is -0.461 e. The maximum absolute atomic E-state index is 12.5. The zero-order valence-electron chi connectivity index (χ0n) is 12.1. The summed E-state index contributed by atoms with van der Waals surface area (Å²) in [4.78, 5) is 23.6. The molecule has 9 heteroatoms. The SMILES string of the molecule is CCOC(=O)C(=NO)c1ccc2c(c1)CN(C(=O)C(F)(F)F)C2. The summed E-state index contributed by atoms with van der Waals surface area (Å²) < 4.78 is 42.1. The van der Waals surface area contributed by atoms with Crippen molar-refractivity contribution in [3.63, 3.8) is 0 Å². The van der Waals surface area contributed by atoms with Gasteiger partial charge >= 0.3 is 18.1 Å². The normalized spacial score (nSPS) is 14.6. The van der Waals surface area contributed by atoms with E-state index in [4.69, 9.17) is 9.94 Å². The van der Waals surface area contributed by atoms with Crippen LogP contribution in [-0.2, 0) is 27.4 Å². The molecule has 1 aromatic rings. The predicted molar refractivity (Wildman–Crippen MR) is 71.7 cm³/mol. The highest BCUT2D eigenvalue weighted by Crippen LogP contribution is 2.28. The summed E-state index contributed by atoms with van der Waals surface area (Å²) in [5.74, 6) is -2.77. The van der Waals surface area contributed by atoms with Gasteiger partial charge in [-0.1, -0.05) is 17.3 Å². The molecule has 0 spiro atoms. The molecule has 2 rings (SSSR count). The summed E-state index contributed by atoms with van der Waals surface area (Å²) in [7, 11) is 0. The molecule has 1 aromatic carbocycles. The first kappa shape index (κ1) is 16.8. The highest BCUT2D eigenvalue weighted by atomic mass is 19.4. The van der Waals surface area contributed by atoms with Crippen LogP contribution in [0.3, 0.4) is 0 Å². The molecular weight excluding hydrogens is 317 g/mol. The molecule has 1 amide bonds. The van der Waals surface area contributed by atoms with Gasteiger partial charge in [-0.3, -0.25) is 4.79 Å². The van der Waals surface area contributed by atoms with Gasteiger partial charge in [-0.25, -0.2) is 4.79 Å². The van der Waals surface area contributed by atoms with Crippen molar-refractivity contribution < 1.29 is 32.7 Å². The Balaban J connectivity index is 2.24. The molecule has 0 aliphatic carbocycles. The molecule has 23 heavy (non-hydrogen) atoms. The fraction of sp³-hybridized carbons (Fsp3) is 0.357. The Morgan fingerprint density at radius 1 is 1.30 bits per heavy atom. The van der Waals surface area contributed by atoms with Crippen molar-refractivity contribution in [2.75, 3.05) is 6.61 Å². The number of hydrogen-bond acceptors (Lipinski definition) is 5. The molecule has 1 N–H and O–H groups in total. The summed E-state index contributed by atoms with van der Waals surface area (Å²) in [5.41, 5.74) is 0.833. The van der Waals surface area contributed by atoms with Crippen LogP contribution in [0.2, 0.25) is 0 Å². The Bertz CT molecular complexity index is 670. The van der Waals surface area contributed by atoms with Gasteiger partial charge in [0.25, 0.3) is 0 Å². The topological polar surface area (TPSA) is 79.2 Å². The Labute approximate surface area is 129 Å². The Hall–Kier alpha value is -2.58. The first-order valence-electron chi connectivity index (χ1n) is 6.65. The third-order valence-corrected chi connectivity index (χ3v) is 3.30. The first-order valence-corrected chi connectivity index (χ1v) is 6.65. The lowest BCUT2D eigenvalue weighted by molar-refractivity contribution is -0.186. The zero-order chi connectivity index (χ0) is 17.2. The number of nitrogens with zero attached hydrogens (tertiary/aromatic N) is 2. The van der Waals surface area contributed by atoms with Crippen molar-refractivity contribution in [2.45, 2.75) is 26.2 Å². The second-order valence-electron chi connectivity index (χ2n) is 4.81. The smallest absolute Gasteiger partial charge is 0.461 e. The molecule has 0 saturated carbocycles. The van der Waals surface area contributed by atoms with Crippen LogP contribution in [0.4, 0.5) is 13.2 Å². The van der Waals surface area contributed by atoms with E-state index in [9.17, 15) is 22.8 Å². The van der Waals surface area contributed by atoms with Crippen LogP contribution in [0.25, 0.3) is 0 Å². The third-order valence-electron chi connectivity index (χ3n) is 3.30. The monoisotopic (exact) mass is 330 g/mol. The van der Waals surface area contributed by atoms with E-state index in [-0.39, 0.29) is 31.0 Å². The summed E-state index contributed by atoms with van der Waals surface area (Å²) in [6.07, 6.45) is -4.94. The van der Waals surface area contributed by atoms with Crippen LogP contribution >= 0.6 is 0 Å². The largest absolute Gasteiger partial charge is 0.471 e. The molecule has 0 radical (unpaired) electrons. The van der Waals surface area contributed by atoms with Gasteiger partial charge in [0.15, 0.2) is 5.71 Å². The number of benzene rings is 1. The molecule has 0 aromatic heterocycles. The van der Waals surface area contributed by atoms with Crippen molar-refractivity contribution in [2.24, 2.45) is 5.16 Å². The van der Waals surface area contributed by atoms with E-state index in [0.717, 1.165) is 0 Å². The summed E-state index contributed by atoms with van der Waals surface area (Å²) in [6, 6.07) is 4.32. The molecular formula is C14H13F3N2O4. The van der Waals surface area contributed by atoms with E-state index in [0.29, 0.717) is 16.0 Å². The van der Waals surface area contributed by atoms with Crippen molar-refractivity contribution >= 4 is 17.6 Å². The van der Waals surface area contributed by atoms with Crippen molar-refractivity contribution in [1.82, 2.24) is 4.90 Å². The quantitative estimate of drug-likeness (QED) is 0.397. The fourth-order valence-electron chi connectivity index (χ4n) is 2.28. The zero-order valence-corrected chi connectivity index (χ0v) is 12.1. The number of hydrogen-bond donors (Lipinski definition) is 1. The van der Waals surface area contributed by atoms with E-state index in [2.05, 4.69) is 5.16 Å². The molecule has 1 aliphatic heterocycles. The van der Waals surface area contributed by atoms with Crippen LogP contribution in [0.5, 0.6) is 0 Å². The molecule has 1 aliphatic rings. The number of amides is 1. The van der Waals surface area contributed by atoms with Crippen LogP contribution in [0, 0.1) is 0 Å². The molecule has 0 unspecified atom stereocenters. The molecule has 0 atom stereocenters. The van der Waals surface area contributed by atoms with Gasteiger partial charge in [0, 0.05) is 18.7 Å². The van der Waals surface area contributed by atoms with E-state index in [1.165, 1.54) is 18.2 Å². The predicted octanol–water partition coefficient (Wildman–Crippen LogP) is 1.83. The minimum atomic E-state index is -4.94. The van der Waals surface area contributed by atoms with E-state index in [1.54, 1.807) is 6.92 Å². The number of ether oxygens (including phenoxy) is 1. The lowest BCUT2D eigenvalue weighted by Crippen LogP contribution is -2.37. The van der Waals surface area contributed by atoms with Crippen LogP contribution in [0.1, 0.15) is 23.6 Å². The standard InChI is InChI=1S/C14H13F3N2O4/c1-2-23-12(20)11(18-22)8-3-4-9-6-19(7-10(9)5-8)13(21)14(15,16)17/h3-5,22H,2,6-7H2,1H3. The lowest BCUT2D eigenvalue weighted by atomic mass is 10.0.